The Morgan fingerprint density at radius 2 is 0.667 bits per heavy atom. The second kappa shape index (κ2) is 9.56. The molecule has 2 rings (SSSR count). The normalized spacial score (nSPS) is 10.0. The van der Waals surface area contributed by atoms with Gasteiger partial charge in [-0.25, -0.2) is 0 Å². The Kier molecular flexibility index (Phi) is 10.5. The van der Waals surface area contributed by atoms with Crippen LogP contribution in [0.15, 0.2) is 0 Å². The van der Waals surface area contributed by atoms with Crippen molar-refractivity contribution in [2.24, 2.45) is 0 Å². The molecule has 2 aromatic rings. The molecule has 11 heteroatoms. The molecule has 0 aromatic heterocycles. The van der Waals surface area contributed by atoms with E-state index in [1.165, 1.54) is 0 Å². The Bertz CT molecular complexity index is 424. The van der Waals surface area contributed by atoms with Gasteiger partial charge in [0.2, 0.25) is 0 Å². The minimum absolute atomic E-state index is 0. The van der Waals surface area contributed by atoms with Crippen molar-refractivity contribution in [1.29, 1.82) is 0 Å². The Labute approximate surface area is 181 Å². The molecule has 21 heavy (non-hydrogen) atoms. The van der Waals surface area contributed by atoms with Gasteiger partial charge >= 0.3 is 0 Å². The van der Waals surface area contributed by atoms with Gasteiger partial charge in [-0.2, -0.15) is 34.8 Å². The summed E-state index contributed by atoms with van der Waals surface area (Å²) in [6.07, 6.45) is 0. The van der Waals surface area contributed by atoms with Gasteiger partial charge in [-0.05, 0) is 15.1 Å². The molecule has 0 amide bonds. The van der Waals surface area contributed by atoms with Crippen molar-refractivity contribution in [3.8, 4) is 0 Å². The van der Waals surface area contributed by atoms with Crippen molar-refractivity contribution in [2.75, 3.05) is 0 Å². The van der Waals surface area contributed by atoms with Crippen LogP contribution in [0.5, 0.6) is 0 Å². The minimum atomic E-state index is 0. The van der Waals surface area contributed by atoms with Crippen LogP contribution in [0.2, 0.25) is 50.2 Å². The molecule has 0 atom stereocenters. The van der Waals surface area contributed by atoms with Crippen LogP contribution in [0.4, 0.5) is 0 Å². The van der Waals surface area contributed by atoms with Gasteiger partial charge in [-0.3, -0.25) is 0 Å². The molecule has 0 spiro atoms. The molecule has 0 heterocycles. The Morgan fingerprint density at radius 1 is 0.476 bits per heavy atom. The van der Waals surface area contributed by atoms with E-state index in [2.05, 4.69) is 0 Å². The fourth-order valence-electron chi connectivity index (χ4n) is 0.964. The van der Waals surface area contributed by atoms with E-state index in [4.69, 9.17) is 116 Å². The largest absolute Gasteiger partial charge is 0.613 e. The van der Waals surface area contributed by atoms with Gasteiger partial charge in [0.05, 0.1) is 0 Å². The Morgan fingerprint density at radius 3 is 0.762 bits per heavy atom. The first-order chi connectivity index (χ1) is 9.11. The fraction of sp³-hybridized carbons (Fsp3) is 0. The van der Waals surface area contributed by atoms with Crippen molar-refractivity contribution in [3.05, 3.63) is 50.2 Å². The van der Waals surface area contributed by atoms with Crippen molar-refractivity contribution in [1.82, 2.24) is 0 Å². The number of halogens is 10. The van der Waals surface area contributed by atoms with E-state index in [0.717, 1.165) is 0 Å². The van der Waals surface area contributed by atoms with Gasteiger partial charge in [0, 0.05) is 17.1 Å². The van der Waals surface area contributed by atoms with Crippen LogP contribution in [-0.4, -0.2) is 0 Å². The van der Waals surface area contributed by atoms with Crippen LogP contribution in [0.25, 0.3) is 0 Å². The van der Waals surface area contributed by atoms with Crippen LogP contribution in [-0.2, 0) is 17.1 Å². The summed E-state index contributed by atoms with van der Waals surface area (Å²) in [5.41, 5.74) is 0. The summed E-state index contributed by atoms with van der Waals surface area (Å²) in [6, 6.07) is 0. The smallest absolute Gasteiger partial charge is 0 e. The van der Waals surface area contributed by atoms with E-state index in [-0.39, 0.29) is 67.3 Å². The van der Waals surface area contributed by atoms with Gasteiger partial charge in [0.1, 0.15) is 0 Å². The van der Waals surface area contributed by atoms with Crippen molar-refractivity contribution < 1.29 is 17.1 Å². The monoisotopic (exact) mass is 526 g/mol. The maximum Gasteiger partial charge on any atom is 0 e. The molecule has 0 unspecified atom stereocenters. The summed E-state index contributed by atoms with van der Waals surface area (Å²) in [5.74, 6) is 0. The third-order valence-electron chi connectivity index (χ3n) is 1.93. The average molecular weight is 530 g/mol. The maximum absolute atomic E-state index is 5.57. The first-order valence-corrected chi connectivity index (χ1v) is 8.17. The first-order valence-electron chi connectivity index (χ1n) is 4.39. The van der Waals surface area contributed by atoms with Crippen LogP contribution < -0.4 is 0 Å². The molecule has 124 valence electrons. The van der Waals surface area contributed by atoms with E-state index >= 15 is 0 Å². The fourth-order valence-corrected chi connectivity index (χ4v) is 3.34. The summed E-state index contributed by atoms with van der Waals surface area (Å²) >= 11 is 55.7. The Hall–Kier alpha value is 2.12. The van der Waals surface area contributed by atoms with Gasteiger partial charge in [-0.1, -0.05) is 10.0 Å². The van der Waals surface area contributed by atoms with Gasteiger partial charge < -0.3 is 83.1 Å². The zero-order valence-electron chi connectivity index (χ0n) is 9.13. The number of rotatable bonds is 0. The summed E-state index contributed by atoms with van der Waals surface area (Å²) < 4.78 is 0. The molecule has 0 aliphatic rings. The molecule has 0 saturated carbocycles. The van der Waals surface area contributed by atoms with Crippen molar-refractivity contribution >= 4 is 116 Å². The molecule has 0 nitrogen and oxygen atoms in total. The molecule has 0 fully saturated rings. The molecule has 0 radical (unpaired) electrons. The second-order valence-electron chi connectivity index (χ2n) is 3.14. The third-order valence-corrected chi connectivity index (χ3v) is 6.67. The quantitative estimate of drug-likeness (QED) is 0.235. The number of hydrogen-bond acceptors (Lipinski definition) is 0. The zero-order chi connectivity index (χ0) is 15.8. The second-order valence-corrected chi connectivity index (χ2v) is 6.92. The maximum atomic E-state index is 5.57. The summed E-state index contributed by atoms with van der Waals surface area (Å²) in [6.45, 7) is 0. The SMILES string of the molecule is Cl[c-]1[c-](Cl)[c-](Cl)[c-](Cl)[c-]1Cl.Clc1c(Cl)c(Cl)[c-](Cl)c1Cl.[Fe]. The van der Waals surface area contributed by atoms with E-state index in [1.54, 1.807) is 0 Å². The van der Waals surface area contributed by atoms with Crippen molar-refractivity contribution in [3.63, 3.8) is 0 Å². The Balaban J connectivity index is 0.000000364. The van der Waals surface area contributed by atoms with Crippen LogP contribution >= 0.6 is 116 Å². The number of hydrogen-bond donors (Lipinski definition) is 0. The van der Waals surface area contributed by atoms with Gasteiger partial charge in [0.15, 0.2) is 0 Å². The molecule has 0 aliphatic carbocycles. The first kappa shape index (κ1) is 23.1. The molecule has 0 saturated heterocycles. The summed E-state index contributed by atoms with van der Waals surface area (Å²) in [5, 5.41) is 2.07. The van der Waals surface area contributed by atoms with E-state index in [0.29, 0.717) is 0 Å². The molecular weight excluding hydrogens is 530 g/mol. The molecular formula is C10Cl10Fe-6. The van der Waals surface area contributed by atoms with E-state index in [1.807, 2.05) is 0 Å². The average Bonchev–Trinajstić information content (AvgIpc) is 2.71. The van der Waals surface area contributed by atoms with E-state index in [9.17, 15) is 0 Å². The zero-order valence-corrected chi connectivity index (χ0v) is 17.8. The minimum Gasteiger partial charge on any atom is -0.613 e. The van der Waals surface area contributed by atoms with Crippen LogP contribution in [0.3, 0.4) is 0 Å². The summed E-state index contributed by atoms with van der Waals surface area (Å²) in [7, 11) is 0. The van der Waals surface area contributed by atoms with Crippen LogP contribution in [0, 0.1) is 0 Å². The molecule has 0 aliphatic heterocycles. The van der Waals surface area contributed by atoms with Crippen molar-refractivity contribution in [2.45, 2.75) is 0 Å². The molecule has 0 N–H and O–H groups in total. The topological polar surface area (TPSA) is 0 Å². The van der Waals surface area contributed by atoms with Gasteiger partial charge in [0.25, 0.3) is 0 Å². The standard InChI is InChI=1S/2C5Cl5.Fe/c2*6-1-2(7)4(9)5(10)3(1)8;/q-5;-1;. The predicted molar refractivity (Wildman–Crippen MR) is 94.2 cm³/mol. The van der Waals surface area contributed by atoms with Crippen LogP contribution in [0.1, 0.15) is 0 Å². The third kappa shape index (κ3) is 5.05. The molecule has 2 aromatic carbocycles. The van der Waals surface area contributed by atoms with Gasteiger partial charge in [-0.15, -0.1) is 23.2 Å². The van der Waals surface area contributed by atoms with E-state index < -0.39 is 0 Å². The molecule has 0 bridgehead atoms. The summed E-state index contributed by atoms with van der Waals surface area (Å²) in [4.78, 5) is 0. The predicted octanol–water partition coefficient (Wildman–Crippen LogP) is 9.34.